The van der Waals surface area contributed by atoms with Crippen LogP contribution in [0.3, 0.4) is 0 Å². The van der Waals surface area contributed by atoms with Crippen LogP contribution in [-0.2, 0) is 12.8 Å². The highest BCUT2D eigenvalue weighted by molar-refractivity contribution is 5.69. The topological polar surface area (TPSA) is 25.2 Å². The molecule has 0 N–H and O–H groups in total. The lowest BCUT2D eigenvalue weighted by molar-refractivity contribution is 0.834. The normalized spacial score (nSPS) is 11.8. The Morgan fingerprint density at radius 3 is 2.04 bits per heavy atom. The lowest BCUT2D eigenvalue weighted by Gasteiger charge is -2.16. The fourth-order valence-electron chi connectivity index (χ4n) is 2.73. The van der Waals surface area contributed by atoms with E-state index in [1.165, 1.54) is 11.1 Å². The number of pyridine rings is 1. The van der Waals surface area contributed by atoms with E-state index in [-0.39, 0.29) is 0 Å². The van der Waals surface area contributed by atoms with E-state index >= 15 is 0 Å². The van der Waals surface area contributed by atoms with Gasteiger partial charge in [-0.05, 0) is 41.5 Å². The summed E-state index contributed by atoms with van der Waals surface area (Å²) in [5.74, 6) is 0.949. The smallest absolute Gasteiger partial charge is 0.0694 e. The molecule has 23 heavy (non-hydrogen) atoms. The van der Waals surface area contributed by atoms with E-state index in [1.807, 2.05) is 6.21 Å². The molecule has 0 aliphatic heterocycles. The summed E-state index contributed by atoms with van der Waals surface area (Å²) in [5.41, 5.74) is 6.01. The molecule has 0 saturated heterocycles. The van der Waals surface area contributed by atoms with Crippen molar-refractivity contribution < 1.29 is 0 Å². The maximum Gasteiger partial charge on any atom is 0.0694 e. The lowest BCUT2D eigenvalue weighted by atomic mass is 9.93. The van der Waals surface area contributed by atoms with Crippen molar-refractivity contribution in [3.05, 3.63) is 58.9 Å². The Labute approximate surface area is 140 Å². The van der Waals surface area contributed by atoms with Crippen LogP contribution in [0, 0.1) is 0 Å². The average Bonchev–Trinajstić information content (AvgIpc) is 2.54. The molecule has 2 heteroatoms. The monoisotopic (exact) mass is 308 g/mol. The summed E-state index contributed by atoms with van der Waals surface area (Å²) in [6, 6.07) is 12.8. The summed E-state index contributed by atoms with van der Waals surface area (Å²) in [7, 11) is 0. The van der Waals surface area contributed by atoms with Crippen molar-refractivity contribution in [1.29, 1.82) is 0 Å². The van der Waals surface area contributed by atoms with Crippen LogP contribution in [0.15, 0.2) is 41.4 Å². The molecule has 1 aromatic heterocycles. The lowest BCUT2D eigenvalue weighted by Crippen LogP contribution is -1.97. The second-order valence-corrected chi connectivity index (χ2v) is 6.58. The highest BCUT2D eigenvalue weighted by Gasteiger charge is 2.12. The summed E-state index contributed by atoms with van der Waals surface area (Å²) in [6.45, 7) is 11.0. The SMILES string of the molecule is CCc1cccc(CC=Nc2c(C(C)C)cccc2C(C)C)n1. The Morgan fingerprint density at radius 2 is 1.48 bits per heavy atom. The number of aromatic nitrogens is 1. The predicted molar refractivity (Wildman–Crippen MR) is 100 cm³/mol. The van der Waals surface area contributed by atoms with E-state index in [0.717, 1.165) is 29.9 Å². The van der Waals surface area contributed by atoms with Crippen LogP contribution in [0.4, 0.5) is 5.69 Å². The minimum absolute atomic E-state index is 0.474. The van der Waals surface area contributed by atoms with Crippen molar-refractivity contribution in [3.63, 3.8) is 0 Å². The second kappa shape index (κ2) is 8.05. The first-order chi connectivity index (χ1) is 11.0. The van der Waals surface area contributed by atoms with Gasteiger partial charge in [0.15, 0.2) is 0 Å². The van der Waals surface area contributed by atoms with Crippen LogP contribution in [0.1, 0.15) is 69.0 Å². The summed E-state index contributed by atoms with van der Waals surface area (Å²) in [6.07, 6.45) is 3.76. The van der Waals surface area contributed by atoms with Crippen LogP contribution < -0.4 is 0 Å². The Balaban J connectivity index is 2.27. The molecule has 1 heterocycles. The second-order valence-electron chi connectivity index (χ2n) is 6.58. The van der Waals surface area contributed by atoms with Gasteiger partial charge in [0, 0.05) is 24.0 Å². The largest absolute Gasteiger partial charge is 0.260 e. The van der Waals surface area contributed by atoms with Gasteiger partial charge in [0.25, 0.3) is 0 Å². The molecule has 2 rings (SSSR count). The minimum Gasteiger partial charge on any atom is -0.260 e. The van der Waals surface area contributed by atoms with Crippen molar-refractivity contribution in [3.8, 4) is 0 Å². The molecule has 0 saturated carbocycles. The zero-order chi connectivity index (χ0) is 16.8. The summed E-state index contributed by atoms with van der Waals surface area (Å²) in [5, 5.41) is 0. The Bertz CT molecular complexity index is 643. The zero-order valence-corrected chi connectivity index (χ0v) is 15.0. The van der Waals surface area contributed by atoms with Crippen LogP contribution in [-0.4, -0.2) is 11.2 Å². The van der Waals surface area contributed by atoms with Crippen LogP contribution in [0.5, 0.6) is 0 Å². The van der Waals surface area contributed by atoms with Gasteiger partial charge in [0.2, 0.25) is 0 Å². The van der Waals surface area contributed by atoms with Gasteiger partial charge in [0.1, 0.15) is 0 Å². The average molecular weight is 308 g/mol. The van der Waals surface area contributed by atoms with Gasteiger partial charge in [0.05, 0.1) is 5.69 Å². The fourth-order valence-corrected chi connectivity index (χ4v) is 2.73. The molecular formula is C21H28N2. The summed E-state index contributed by atoms with van der Waals surface area (Å²) in [4.78, 5) is 9.48. The minimum atomic E-state index is 0.474. The van der Waals surface area contributed by atoms with Gasteiger partial charge in [-0.25, -0.2) is 0 Å². The molecule has 0 radical (unpaired) electrons. The fraction of sp³-hybridized carbons (Fsp3) is 0.429. The number of aliphatic imine (C=N–C) groups is 1. The van der Waals surface area contributed by atoms with E-state index in [1.54, 1.807) is 0 Å². The standard InChI is InChI=1S/C21H28N2/c1-6-17-9-7-10-18(23-17)13-14-22-21-19(15(2)3)11-8-12-20(21)16(4)5/h7-12,14-16H,6,13H2,1-5H3. The number of rotatable bonds is 6. The van der Waals surface area contributed by atoms with Gasteiger partial charge in [-0.1, -0.05) is 58.9 Å². The van der Waals surface area contributed by atoms with Gasteiger partial charge in [-0.3, -0.25) is 9.98 Å². The van der Waals surface area contributed by atoms with E-state index in [0.29, 0.717) is 11.8 Å². The van der Waals surface area contributed by atoms with Gasteiger partial charge >= 0.3 is 0 Å². The predicted octanol–water partition coefficient (Wildman–Crippen LogP) is 5.84. The maximum atomic E-state index is 4.83. The molecule has 0 fully saturated rings. The third-order valence-corrected chi connectivity index (χ3v) is 4.09. The summed E-state index contributed by atoms with van der Waals surface area (Å²) < 4.78 is 0. The molecule has 0 bridgehead atoms. The molecule has 2 aromatic rings. The first kappa shape index (κ1) is 17.4. The van der Waals surface area contributed by atoms with E-state index in [9.17, 15) is 0 Å². The third-order valence-electron chi connectivity index (χ3n) is 4.09. The van der Waals surface area contributed by atoms with Crippen molar-refractivity contribution >= 4 is 11.9 Å². The van der Waals surface area contributed by atoms with Crippen LogP contribution in [0.2, 0.25) is 0 Å². The number of benzene rings is 1. The van der Waals surface area contributed by atoms with Crippen molar-refractivity contribution in [2.24, 2.45) is 4.99 Å². The highest BCUT2D eigenvalue weighted by Crippen LogP contribution is 2.34. The first-order valence-corrected chi connectivity index (χ1v) is 8.63. The number of para-hydroxylation sites is 1. The van der Waals surface area contributed by atoms with Gasteiger partial charge < -0.3 is 0 Å². The third kappa shape index (κ3) is 4.51. The molecule has 0 amide bonds. The molecule has 0 aliphatic carbocycles. The number of nitrogens with zero attached hydrogens (tertiary/aromatic N) is 2. The molecular weight excluding hydrogens is 280 g/mol. The number of aryl methyl sites for hydroxylation is 1. The van der Waals surface area contributed by atoms with E-state index in [4.69, 9.17) is 4.99 Å². The Hall–Kier alpha value is -1.96. The van der Waals surface area contributed by atoms with Crippen LogP contribution >= 0.6 is 0 Å². The molecule has 122 valence electrons. The molecule has 0 atom stereocenters. The van der Waals surface area contributed by atoms with Crippen molar-refractivity contribution in [2.75, 3.05) is 0 Å². The van der Waals surface area contributed by atoms with Crippen molar-refractivity contribution in [1.82, 2.24) is 4.98 Å². The number of hydrogen-bond acceptors (Lipinski definition) is 2. The molecule has 0 spiro atoms. The van der Waals surface area contributed by atoms with Crippen LogP contribution in [0.25, 0.3) is 0 Å². The molecule has 2 nitrogen and oxygen atoms in total. The molecule has 0 aliphatic rings. The van der Waals surface area contributed by atoms with E-state index in [2.05, 4.69) is 76.0 Å². The summed E-state index contributed by atoms with van der Waals surface area (Å²) >= 11 is 0. The van der Waals surface area contributed by atoms with Crippen molar-refractivity contribution in [2.45, 2.75) is 59.3 Å². The Kier molecular flexibility index (Phi) is 6.09. The first-order valence-electron chi connectivity index (χ1n) is 8.63. The quantitative estimate of drug-likeness (QED) is 0.616. The van der Waals surface area contributed by atoms with Gasteiger partial charge in [-0.15, -0.1) is 0 Å². The molecule has 1 aromatic carbocycles. The highest BCUT2D eigenvalue weighted by atomic mass is 14.7. The number of hydrogen-bond donors (Lipinski definition) is 0. The van der Waals surface area contributed by atoms with Gasteiger partial charge in [-0.2, -0.15) is 0 Å². The zero-order valence-electron chi connectivity index (χ0n) is 15.0. The Morgan fingerprint density at radius 1 is 0.913 bits per heavy atom. The molecule has 0 unspecified atom stereocenters. The maximum absolute atomic E-state index is 4.83. The van der Waals surface area contributed by atoms with E-state index < -0.39 is 0 Å².